The minimum absolute atomic E-state index is 0.00648. The smallest absolute Gasteiger partial charge is 0.237 e. The molecule has 1 amide bonds. The molecule has 0 aromatic heterocycles. The van der Waals surface area contributed by atoms with E-state index in [1.807, 2.05) is 55.5 Å². The maximum atomic E-state index is 13.0. The zero-order valence-corrected chi connectivity index (χ0v) is 16.7. The number of morpholine rings is 1. The van der Waals surface area contributed by atoms with E-state index in [4.69, 9.17) is 21.1 Å². The third-order valence-corrected chi connectivity index (χ3v) is 5.79. The maximum absolute atomic E-state index is 13.0. The lowest BCUT2D eigenvalue weighted by Gasteiger charge is -2.37. The van der Waals surface area contributed by atoms with Gasteiger partial charge in [0.25, 0.3) is 0 Å². The molecule has 2 aromatic carbocycles. The molecule has 2 aliphatic rings. The SMILES string of the molecule is C[C@H](C(=O)N[C@H]1CCOc2ccccc21)N1CCO[C@H](c2ccc(Cl)cc2)C1. The van der Waals surface area contributed by atoms with E-state index in [9.17, 15) is 4.79 Å². The molecule has 1 N–H and O–H groups in total. The quantitative estimate of drug-likeness (QED) is 0.849. The zero-order valence-electron chi connectivity index (χ0n) is 15.9. The highest BCUT2D eigenvalue weighted by Crippen LogP contribution is 2.32. The zero-order chi connectivity index (χ0) is 19.5. The molecule has 5 nitrogen and oxygen atoms in total. The van der Waals surface area contributed by atoms with Gasteiger partial charge in [0.1, 0.15) is 5.75 Å². The third kappa shape index (κ3) is 4.17. The van der Waals surface area contributed by atoms with Crippen LogP contribution in [0.25, 0.3) is 0 Å². The van der Waals surface area contributed by atoms with Crippen LogP contribution >= 0.6 is 11.6 Å². The van der Waals surface area contributed by atoms with Gasteiger partial charge >= 0.3 is 0 Å². The number of hydrogen-bond donors (Lipinski definition) is 1. The van der Waals surface area contributed by atoms with Gasteiger partial charge in [-0.05, 0) is 30.7 Å². The Hall–Kier alpha value is -2.08. The molecule has 28 heavy (non-hydrogen) atoms. The highest BCUT2D eigenvalue weighted by atomic mass is 35.5. The van der Waals surface area contributed by atoms with Gasteiger partial charge in [0, 0.05) is 30.1 Å². The molecule has 0 unspecified atom stereocenters. The first-order chi connectivity index (χ1) is 13.6. The minimum Gasteiger partial charge on any atom is -0.493 e. The van der Waals surface area contributed by atoms with Gasteiger partial charge < -0.3 is 14.8 Å². The second-order valence-electron chi connectivity index (χ2n) is 7.32. The molecule has 0 radical (unpaired) electrons. The largest absolute Gasteiger partial charge is 0.493 e. The van der Waals surface area contributed by atoms with E-state index in [1.54, 1.807) is 0 Å². The number of para-hydroxylation sites is 1. The summed E-state index contributed by atoms with van der Waals surface area (Å²) in [7, 11) is 0. The van der Waals surface area contributed by atoms with Gasteiger partial charge in [0.2, 0.25) is 5.91 Å². The molecule has 0 saturated carbocycles. The molecule has 6 heteroatoms. The van der Waals surface area contributed by atoms with E-state index >= 15 is 0 Å². The average molecular weight is 401 g/mol. The third-order valence-electron chi connectivity index (χ3n) is 5.54. The normalized spacial score (nSPS) is 23.4. The van der Waals surface area contributed by atoms with Crippen LogP contribution in [0.3, 0.4) is 0 Å². The number of carbonyl (C=O) groups is 1. The Kier molecular flexibility index (Phi) is 5.85. The van der Waals surface area contributed by atoms with E-state index in [0.29, 0.717) is 24.8 Å². The fourth-order valence-corrected chi connectivity index (χ4v) is 3.98. The van der Waals surface area contributed by atoms with Crippen molar-refractivity contribution >= 4 is 17.5 Å². The highest BCUT2D eigenvalue weighted by Gasteiger charge is 2.31. The lowest BCUT2D eigenvalue weighted by Crippen LogP contribution is -2.51. The van der Waals surface area contributed by atoms with Gasteiger partial charge in [0.05, 0.1) is 31.4 Å². The number of benzene rings is 2. The number of carbonyl (C=O) groups excluding carboxylic acids is 1. The molecule has 1 saturated heterocycles. The van der Waals surface area contributed by atoms with Crippen molar-refractivity contribution in [3.63, 3.8) is 0 Å². The first kappa shape index (κ1) is 19.2. The summed E-state index contributed by atoms with van der Waals surface area (Å²) >= 11 is 5.99. The lowest BCUT2D eigenvalue weighted by molar-refractivity contribution is -0.130. The number of nitrogens with zero attached hydrogens (tertiary/aromatic N) is 1. The van der Waals surface area contributed by atoms with Crippen molar-refractivity contribution in [1.29, 1.82) is 0 Å². The standard InChI is InChI=1S/C22H25ClN2O3/c1-15(22(26)24-19-10-12-27-20-5-3-2-4-18(19)20)25-11-13-28-21(14-25)16-6-8-17(23)9-7-16/h2-9,15,19,21H,10-14H2,1H3,(H,24,26)/t15-,19+,21+/m1/s1. The monoisotopic (exact) mass is 400 g/mol. The van der Waals surface area contributed by atoms with Crippen LogP contribution in [0.2, 0.25) is 5.02 Å². The average Bonchev–Trinajstić information content (AvgIpc) is 2.74. The molecule has 4 rings (SSSR count). The molecule has 2 heterocycles. The number of ether oxygens (including phenoxy) is 2. The van der Waals surface area contributed by atoms with Crippen molar-refractivity contribution in [3.05, 3.63) is 64.7 Å². The van der Waals surface area contributed by atoms with Gasteiger partial charge in [-0.1, -0.05) is 41.9 Å². The first-order valence-electron chi connectivity index (χ1n) is 9.75. The summed E-state index contributed by atoms with van der Waals surface area (Å²) in [6.45, 7) is 4.60. The van der Waals surface area contributed by atoms with E-state index < -0.39 is 0 Å². The number of halogens is 1. The van der Waals surface area contributed by atoms with Crippen LogP contribution in [0.5, 0.6) is 5.75 Å². The minimum atomic E-state index is -0.228. The maximum Gasteiger partial charge on any atom is 0.237 e. The molecule has 148 valence electrons. The van der Waals surface area contributed by atoms with Crippen molar-refractivity contribution in [2.75, 3.05) is 26.3 Å². The van der Waals surface area contributed by atoms with Crippen LogP contribution in [-0.4, -0.2) is 43.2 Å². The molecule has 0 bridgehead atoms. The summed E-state index contributed by atoms with van der Waals surface area (Å²) in [6.07, 6.45) is 0.733. The van der Waals surface area contributed by atoms with Crippen LogP contribution in [0.4, 0.5) is 0 Å². The van der Waals surface area contributed by atoms with Crippen molar-refractivity contribution in [1.82, 2.24) is 10.2 Å². The second-order valence-corrected chi connectivity index (χ2v) is 7.75. The number of hydrogen-bond acceptors (Lipinski definition) is 4. The Balaban J connectivity index is 1.40. The Morgan fingerprint density at radius 1 is 1.18 bits per heavy atom. The van der Waals surface area contributed by atoms with Crippen molar-refractivity contribution in [3.8, 4) is 5.75 Å². The predicted octanol–water partition coefficient (Wildman–Crippen LogP) is 3.74. The second kappa shape index (κ2) is 8.52. The Labute approximate surface area is 170 Å². The van der Waals surface area contributed by atoms with Crippen LogP contribution in [-0.2, 0) is 9.53 Å². The summed E-state index contributed by atoms with van der Waals surface area (Å²) in [4.78, 5) is 15.1. The van der Waals surface area contributed by atoms with Gasteiger partial charge in [-0.15, -0.1) is 0 Å². The summed E-state index contributed by atoms with van der Waals surface area (Å²) in [5, 5.41) is 3.92. The van der Waals surface area contributed by atoms with Gasteiger partial charge in [-0.25, -0.2) is 0 Å². The fraction of sp³-hybridized carbons (Fsp3) is 0.409. The fourth-order valence-electron chi connectivity index (χ4n) is 3.85. The number of rotatable bonds is 4. The topological polar surface area (TPSA) is 50.8 Å². The molecule has 2 aliphatic heterocycles. The molecule has 0 aliphatic carbocycles. The molecular weight excluding hydrogens is 376 g/mol. The Morgan fingerprint density at radius 3 is 2.79 bits per heavy atom. The summed E-state index contributed by atoms with van der Waals surface area (Å²) in [5.41, 5.74) is 2.13. The van der Waals surface area contributed by atoms with Crippen LogP contribution in [0.1, 0.15) is 36.6 Å². The van der Waals surface area contributed by atoms with E-state index in [0.717, 1.165) is 29.8 Å². The van der Waals surface area contributed by atoms with Crippen molar-refractivity contribution in [2.24, 2.45) is 0 Å². The van der Waals surface area contributed by atoms with Gasteiger partial charge in [-0.2, -0.15) is 0 Å². The summed E-state index contributed by atoms with van der Waals surface area (Å²) in [5.74, 6) is 0.902. The molecule has 3 atom stereocenters. The van der Waals surface area contributed by atoms with Crippen molar-refractivity contribution < 1.29 is 14.3 Å². The number of fused-ring (bicyclic) bond motifs is 1. The molecule has 0 spiro atoms. The van der Waals surface area contributed by atoms with Crippen molar-refractivity contribution in [2.45, 2.75) is 31.5 Å². The number of amides is 1. The molecular formula is C22H25ClN2O3. The van der Waals surface area contributed by atoms with Gasteiger partial charge in [0.15, 0.2) is 0 Å². The van der Waals surface area contributed by atoms with Gasteiger partial charge in [-0.3, -0.25) is 9.69 Å². The van der Waals surface area contributed by atoms with E-state index in [2.05, 4.69) is 10.2 Å². The summed E-state index contributed by atoms with van der Waals surface area (Å²) in [6, 6.07) is 15.4. The molecule has 1 fully saturated rings. The van der Waals surface area contributed by atoms with Crippen LogP contribution in [0, 0.1) is 0 Å². The van der Waals surface area contributed by atoms with Crippen LogP contribution < -0.4 is 10.1 Å². The highest BCUT2D eigenvalue weighted by molar-refractivity contribution is 6.30. The van der Waals surface area contributed by atoms with Crippen LogP contribution in [0.15, 0.2) is 48.5 Å². The Morgan fingerprint density at radius 2 is 1.96 bits per heavy atom. The summed E-state index contributed by atoms with van der Waals surface area (Å²) < 4.78 is 11.6. The van der Waals surface area contributed by atoms with E-state index in [-0.39, 0.29) is 24.1 Å². The molecule has 2 aromatic rings. The first-order valence-corrected chi connectivity index (χ1v) is 10.1. The lowest BCUT2D eigenvalue weighted by atomic mass is 10.00. The van der Waals surface area contributed by atoms with E-state index in [1.165, 1.54) is 0 Å². The predicted molar refractivity (Wildman–Crippen MR) is 109 cm³/mol. The Bertz CT molecular complexity index is 827. The number of nitrogens with one attached hydrogen (secondary N) is 1.